The maximum absolute atomic E-state index is 11.0. The second-order valence-corrected chi connectivity index (χ2v) is 11.1. The first kappa shape index (κ1) is 22.6. The summed E-state index contributed by atoms with van der Waals surface area (Å²) in [6.07, 6.45) is -0.395. The van der Waals surface area contributed by atoms with Gasteiger partial charge >= 0.3 is 0 Å². The number of β-amino-alcohol motifs (C(OH)–C–C–N with tert-alkyl or cyclic N) is 1. The second kappa shape index (κ2) is 9.97. The first-order valence-corrected chi connectivity index (χ1v) is 13.3. The fourth-order valence-corrected chi connectivity index (χ4v) is 5.77. The minimum atomic E-state index is -0.395. The van der Waals surface area contributed by atoms with Gasteiger partial charge in [-0.3, -0.25) is 9.80 Å². The summed E-state index contributed by atoms with van der Waals surface area (Å²) in [4.78, 5) is 4.92. The number of hydrogen-bond donors (Lipinski definition) is 1. The van der Waals surface area contributed by atoms with Gasteiger partial charge in [-0.1, -0.05) is 30.3 Å². The van der Waals surface area contributed by atoms with Gasteiger partial charge in [0.2, 0.25) is 0 Å². The summed E-state index contributed by atoms with van der Waals surface area (Å²) >= 11 is 4.76. The van der Waals surface area contributed by atoms with E-state index in [1.54, 1.807) is 0 Å². The number of halogens is 2. The quantitative estimate of drug-likeness (QED) is 0.292. The van der Waals surface area contributed by atoms with Crippen LogP contribution in [0.15, 0.2) is 66.7 Å². The molecule has 0 unspecified atom stereocenters. The van der Waals surface area contributed by atoms with Gasteiger partial charge in [-0.2, -0.15) is 0 Å². The Morgan fingerprint density at radius 3 is 1.88 bits per heavy atom. The molecule has 1 atom stereocenters. The number of piperazine rings is 1. The molecule has 166 valence electrons. The van der Waals surface area contributed by atoms with Crippen LogP contribution in [0.5, 0.6) is 0 Å². The van der Waals surface area contributed by atoms with Crippen LogP contribution in [0, 0.1) is 7.14 Å². The molecular weight excluding hydrogens is 624 g/mol. The Labute approximate surface area is 216 Å². The van der Waals surface area contributed by atoms with Crippen molar-refractivity contribution in [2.24, 2.45) is 0 Å². The third-order valence-electron chi connectivity index (χ3n) is 6.37. The largest absolute Gasteiger partial charge is 0.390 e. The van der Waals surface area contributed by atoms with E-state index in [9.17, 15) is 5.11 Å². The summed E-state index contributed by atoms with van der Waals surface area (Å²) in [5.74, 6) is 0. The molecule has 32 heavy (non-hydrogen) atoms. The fraction of sp³-hybridized carbons (Fsp3) is 0.308. The Morgan fingerprint density at radius 2 is 1.28 bits per heavy atom. The lowest BCUT2D eigenvalue weighted by atomic mass is 10.2. The molecule has 4 nitrogen and oxygen atoms in total. The minimum Gasteiger partial charge on any atom is -0.390 e. The highest BCUT2D eigenvalue weighted by molar-refractivity contribution is 14.1. The maximum Gasteiger partial charge on any atom is 0.0845 e. The number of rotatable bonds is 6. The first-order chi connectivity index (χ1) is 15.6. The van der Waals surface area contributed by atoms with E-state index in [-0.39, 0.29) is 0 Å². The lowest BCUT2D eigenvalue weighted by Crippen LogP contribution is -2.48. The van der Waals surface area contributed by atoms with Gasteiger partial charge in [0.05, 0.1) is 12.6 Å². The monoisotopic (exact) mass is 651 g/mol. The Hall–Kier alpha value is -1.20. The summed E-state index contributed by atoms with van der Waals surface area (Å²) in [6.45, 7) is 6.46. The molecule has 5 rings (SSSR count). The standard InChI is InChI=1S/C26H27I2N3O/c27-20-6-8-25-23(14-20)24-15-21(28)7-9-26(24)31(25)18-22(32)17-30-12-10-29(11-13-30)16-19-4-2-1-3-5-19/h1-9,14-15,22,32H,10-13,16-18H2/t22-/m1/s1. The van der Waals surface area contributed by atoms with Gasteiger partial charge in [-0.15, -0.1) is 0 Å². The number of fused-ring (bicyclic) bond motifs is 3. The van der Waals surface area contributed by atoms with Crippen LogP contribution in [-0.2, 0) is 13.1 Å². The van der Waals surface area contributed by atoms with Gasteiger partial charge in [0, 0.05) is 68.2 Å². The molecule has 1 aliphatic rings. The van der Waals surface area contributed by atoms with E-state index in [0.29, 0.717) is 6.54 Å². The highest BCUT2D eigenvalue weighted by atomic mass is 127. The minimum absolute atomic E-state index is 0.395. The molecule has 1 fully saturated rings. The van der Waals surface area contributed by atoms with Crippen LogP contribution in [0.4, 0.5) is 0 Å². The van der Waals surface area contributed by atoms with E-state index in [0.717, 1.165) is 39.3 Å². The predicted octanol–water partition coefficient (Wildman–Crippen LogP) is 5.18. The van der Waals surface area contributed by atoms with Crippen molar-refractivity contribution in [1.82, 2.24) is 14.4 Å². The number of hydrogen-bond acceptors (Lipinski definition) is 3. The number of nitrogens with zero attached hydrogens (tertiary/aromatic N) is 3. The molecule has 6 heteroatoms. The molecule has 1 saturated heterocycles. The van der Waals surface area contributed by atoms with Crippen molar-refractivity contribution < 1.29 is 5.11 Å². The summed E-state index contributed by atoms with van der Waals surface area (Å²) < 4.78 is 4.77. The van der Waals surface area contributed by atoms with Crippen LogP contribution in [0.3, 0.4) is 0 Å². The van der Waals surface area contributed by atoms with Crippen molar-refractivity contribution in [1.29, 1.82) is 0 Å². The zero-order valence-corrected chi connectivity index (χ0v) is 22.2. The summed E-state index contributed by atoms with van der Waals surface area (Å²) in [6, 6.07) is 23.9. The van der Waals surface area contributed by atoms with Gasteiger partial charge < -0.3 is 9.67 Å². The molecule has 0 amide bonds. The van der Waals surface area contributed by atoms with E-state index < -0.39 is 6.10 Å². The average Bonchev–Trinajstić information content (AvgIpc) is 3.08. The van der Waals surface area contributed by atoms with E-state index in [4.69, 9.17) is 0 Å². The summed E-state index contributed by atoms with van der Waals surface area (Å²) in [5.41, 5.74) is 3.78. The first-order valence-electron chi connectivity index (χ1n) is 11.1. The van der Waals surface area contributed by atoms with Crippen LogP contribution < -0.4 is 0 Å². The van der Waals surface area contributed by atoms with Crippen molar-refractivity contribution in [2.75, 3.05) is 32.7 Å². The Kier molecular flexibility index (Phi) is 7.03. The highest BCUT2D eigenvalue weighted by Gasteiger charge is 2.21. The van der Waals surface area contributed by atoms with Gasteiger partial charge in [0.25, 0.3) is 0 Å². The van der Waals surface area contributed by atoms with Gasteiger partial charge in [-0.25, -0.2) is 0 Å². The van der Waals surface area contributed by atoms with Crippen molar-refractivity contribution in [3.8, 4) is 0 Å². The second-order valence-electron chi connectivity index (χ2n) is 8.65. The number of aliphatic hydroxyl groups excluding tert-OH is 1. The lowest BCUT2D eigenvalue weighted by molar-refractivity contribution is 0.0634. The smallest absolute Gasteiger partial charge is 0.0845 e. The van der Waals surface area contributed by atoms with E-state index in [2.05, 4.69) is 126 Å². The number of benzene rings is 3. The summed E-state index contributed by atoms with van der Waals surface area (Å²) in [7, 11) is 0. The Balaban J connectivity index is 1.26. The SMILES string of the molecule is O[C@H](CN1CCN(Cc2ccccc2)CC1)Cn1c2ccc(I)cc2c2cc(I)ccc21. The predicted molar refractivity (Wildman–Crippen MR) is 149 cm³/mol. The van der Waals surface area contributed by atoms with E-state index in [1.165, 1.54) is 34.5 Å². The van der Waals surface area contributed by atoms with Crippen LogP contribution in [0.25, 0.3) is 21.8 Å². The molecule has 4 aromatic rings. The van der Waals surface area contributed by atoms with Crippen molar-refractivity contribution in [3.05, 3.63) is 79.4 Å². The van der Waals surface area contributed by atoms with Gasteiger partial charge in [0.1, 0.15) is 0 Å². The third kappa shape index (κ3) is 4.99. The molecule has 0 spiro atoms. The normalized spacial score (nSPS) is 16.7. The van der Waals surface area contributed by atoms with E-state index in [1.807, 2.05) is 0 Å². The number of aromatic nitrogens is 1. The Morgan fingerprint density at radius 1 is 0.719 bits per heavy atom. The molecular formula is C26H27I2N3O. The average molecular weight is 651 g/mol. The fourth-order valence-electron chi connectivity index (χ4n) is 4.78. The zero-order chi connectivity index (χ0) is 22.1. The molecule has 0 aliphatic carbocycles. The highest BCUT2D eigenvalue weighted by Crippen LogP contribution is 2.31. The third-order valence-corrected chi connectivity index (χ3v) is 7.71. The van der Waals surface area contributed by atoms with Crippen molar-refractivity contribution in [2.45, 2.75) is 19.2 Å². The van der Waals surface area contributed by atoms with Crippen LogP contribution >= 0.6 is 45.2 Å². The van der Waals surface area contributed by atoms with E-state index >= 15 is 0 Å². The molecule has 1 N–H and O–H groups in total. The van der Waals surface area contributed by atoms with Crippen molar-refractivity contribution in [3.63, 3.8) is 0 Å². The lowest BCUT2D eigenvalue weighted by Gasteiger charge is -2.35. The van der Waals surface area contributed by atoms with Crippen LogP contribution in [0.2, 0.25) is 0 Å². The van der Waals surface area contributed by atoms with Gasteiger partial charge in [0.15, 0.2) is 0 Å². The van der Waals surface area contributed by atoms with Crippen LogP contribution in [-0.4, -0.2) is 58.3 Å². The van der Waals surface area contributed by atoms with Crippen LogP contribution in [0.1, 0.15) is 5.56 Å². The molecule has 3 aromatic carbocycles. The molecule has 0 bridgehead atoms. The number of aliphatic hydroxyl groups is 1. The molecule has 0 radical (unpaired) electrons. The molecule has 0 saturated carbocycles. The zero-order valence-electron chi connectivity index (χ0n) is 17.9. The maximum atomic E-state index is 11.0. The molecule has 1 aliphatic heterocycles. The molecule has 2 heterocycles. The summed E-state index contributed by atoms with van der Waals surface area (Å²) in [5, 5.41) is 13.6. The van der Waals surface area contributed by atoms with Gasteiger partial charge in [-0.05, 0) is 87.1 Å². The van der Waals surface area contributed by atoms with Crippen molar-refractivity contribution >= 4 is 67.0 Å². The topological polar surface area (TPSA) is 31.6 Å². The molecule has 1 aromatic heterocycles. The Bertz CT molecular complexity index is 1160.